The van der Waals surface area contributed by atoms with E-state index in [2.05, 4.69) is 4.72 Å². The standard InChI is InChI=1S/C12H13ClN2O2S2/c13-11-4-3-9(7-14)6-12(11)19(16,17)15-8-10-2-1-5-18-10/h3-4,6,10,15H,1-2,5,8H2. The Kier molecular flexibility index (Phi) is 4.74. The second-order valence-corrected chi connectivity index (χ2v) is 7.79. The molecular formula is C12H13ClN2O2S2. The molecule has 1 aliphatic rings. The van der Waals surface area contributed by atoms with Crippen molar-refractivity contribution < 1.29 is 8.42 Å². The van der Waals surface area contributed by atoms with E-state index in [4.69, 9.17) is 16.9 Å². The Morgan fingerprint density at radius 2 is 2.32 bits per heavy atom. The number of hydrogen-bond acceptors (Lipinski definition) is 4. The summed E-state index contributed by atoms with van der Waals surface area (Å²) >= 11 is 7.68. The number of halogens is 1. The normalized spacial score (nSPS) is 19.3. The molecule has 0 amide bonds. The maximum Gasteiger partial charge on any atom is 0.242 e. The molecule has 1 aromatic carbocycles. The molecule has 0 radical (unpaired) electrons. The van der Waals surface area contributed by atoms with Crippen molar-refractivity contribution in [3.8, 4) is 6.07 Å². The fraction of sp³-hybridized carbons (Fsp3) is 0.417. The van der Waals surface area contributed by atoms with E-state index in [-0.39, 0.29) is 15.5 Å². The first-order chi connectivity index (χ1) is 9.03. The SMILES string of the molecule is N#Cc1ccc(Cl)c(S(=O)(=O)NCC2CCCS2)c1. The average molecular weight is 317 g/mol. The molecule has 1 fully saturated rings. The molecule has 2 rings (SSSR count). The predicted octanol–water partition coefficient (Wildman–Crippen LogP) is 2.39. The molecule has 0 aromatic heterocycles. The van der Waals surface area contributed by atoms with Crippen LogP contribution in [0.3, 0.4) is 0 Å². The molecule has 0 bridgehead atoms. The number of sulfonamides is 1. The van der Waals surface area contributed by atoms with E-state index in [1.807, 2.05) is 6.07 Å². The minimum Gasteiger partial charge on any atom is -0.210 e. The van der Waals surface area contributed by atoms with E-state index >= 15 is 0 Å². The van der Waals surface area contributed by atoms with Crippen LogP contribution < -0.4 is 4.72 Å². The van der Waals surface area contributed by atoms with Gasteiger partial charge in [-0.1, -0.05) is 11.6 Å². The summed E-state index contributed by atoms with van der Waals surface area (Å²) in [7, 11) is -3.66. The summed E-state index contributed by atoms with van der Waals surface area (Å²) in [5.74, 6) is 1.08. The summed E-state index contributed by atoms with van der Waals surface area (Å²) in [6, 6.07) is 6.13. The van der Waals surface area contributed by atoms with Gasteiger partial charge in [0, 0.05) is 11.8 Å². The Hall–Kier alpha value is -0.740. The van der Waals surface area contributed by atoms with Gasteiger partial charge in [0.05, 0.1) is 16.7 Å². The minimum absolute atomic E-state index is 0.0313. The van der Waals surface area contributed by atoms with Crippen molar-refractivity contribution in [2.45, 2.75) is 23.0 Å². The monoisotopic (exact) mass is 316 g/mol. The van der Waals surface area contributed by atoms with E-state index in [0.717, 1.165) is 18.6 Å². The summed E-state index contributed by atoms with van der Waals surface area (Å²) in [4.78, 5) is -0.0313. The van der Waals surface area contributed by atoms with Crippen LogP contribution in [0, 0.1) is 11.3 Å². The third-order valence-electron chi connectivity index (χ3n) is 2.87. The van der Waals surface area contributed by atoms with Gasteiger partial charge in [-0.2, -0.15) is 17.0 Å². The molecule has 1 atom stereocenters. The van der Waals surface area contributed by atoms with Crippen LogP contribution in [-0.2, 0) is 10.0 Å². The van der Waals surface area contributed by atoms with Gasteiger partial charge in [0.1, 0.15) is 4.90 Å². The third-order valence-corrected chi connectivity index (χ3v) is 6.18. The lowest BCUT2D eigenvalue weighted by atomic mass is 10.2. The zero-order chi connectivity index (χ0) is 13.9. The highest BCUT2D eigenvalue weighted by Gasteiger charge is 2.22. The molecule has 1 aromatic rings. The molecule has 0 saturated carbocycles. The molecule has 1 N–H and O–H groups in total. The van der Waals surface area contributed by atoms with Gasteiger partial charge in [-0.05, 0) is 36.8 Å². The molecule has 102 valence electrons. The quantitative estimate of drug-likeness (QED) is 0.926. The van der Waals surface area contributed by atoms with E-state index in [9.17, 15) is 8.42 Å². The average Bonchev–Trinajstić information content (AvgIpc) is 2.90. The summed E-state index contributed by atoms with van der Waals surface area (Å²) in [6.07, 6.45) is 2.15. The highest BCUT2D eigenvalue weighted by atomic mass is 35.5. The molecule has 7 heteroatoms. The van der Waals surface area contributed by atoms with Crippen LogP contribution in [0.1, 0.15) is 18.4 Å². The van der Waals surface area contributed by atoms with Crippen LogP contribution in [0.25, 0.3) is 0 Å². The predicted molar refractivity (Wildman–Crippen MR) is 76.8 cm³/mol. The summed E-state index contributed by atoms with van der Waals surface area (Å²) in [5, 5.41) is 9.27. The molecule has 19 heavy (non-hydrogen) atoms. The van der Waals surface area contributed by atoms with Crippen molar-refractivity contribution in [3.05, 3.63) is 28.8 Å². The highest BCUT2D eigenvalue weighted by molar-refractivity contribution is 8.00. The van der Waals surface area contributed by atoms with Gasteiger partial charge >= 0.3 is 0 Å². The van der Waals surface area contributed by atoms with Crippen molar-refractivity contribution in [2.75, 3.05) is 12.3 Å². The first kappa shape index (κ1) is 14.7. The van der Waals surface area contributed by atoms with E-state index in [1.54, 1.807) is 11.8 Å². The molecular weight excluding hydrogens is 304 g/mol. The van der Waals surface area contributed by atoms with E-state index in [1.165, 1.54) is 18.2 Å². The van der Waals surface area contributed by atoms with Crippen LogP contribution >= 0.6 is 23.4 Å². The maximum absolute atomic E-state index is 12.2. The van der Waals surface area contributed by atoms with Gasteiger partial charge in [0.25, 0.3) is 0 Å². The lowest BCUT2D eigenvalue weighted by molar-refractivity contribution is 0.579. The number of nitrogens with one attached hydrogen (secondary N) is 1. The summed E-state index contributed by atoms with van der Waals surface area (Å²) in [5.41, 5.74) is 0.278. The van der Waals surface area contributed by atoms with Crippen molar-refractivity contribution in [1.29, 1.82) is 5.26 Å². The van der Waals surface area contributed by atoms with Crippen LogP contribution in [-0.4, -0.2) is 26.0 Å². The van der Waals surface area contributed by atoms with Gasteiger partial charge in [0.15, 0.2) is 0 Å². The number of rotatable bonds is 4. The topological polar surface area (TPSA) is 70.0 Å². The Morgan fingerprint density at radius 1 is 1.53 bits per heavy atom. The van der Waals surface area contributed by atoms with Gasteiger partial charge in [-0.3, -0.25) is 0 Å². The Bertz CT molecular complexity index is 605. The minimum atomic E-state index is -3.66. The summed E-state index contributed by atoms with van der Waals surface area (Å²) < 4.78 is 26.9. The molecule has 1 unspecified atom stereocenters. The van der Waals surface area contributed by atoms with Crippen LogP contribution in [0.2, 0.25) is 5.02 Å². The van der Waals surface area contributed by atoms with Crippen LogP contribution in [0.5, 0.6) is 0 Å². The third kappa shape index (κ3) is 3.63. The van der Waals surface area contributed by atoms with Crippen LogP contribution in [0.15, 0.2) is 23.1 Å². The number of nitrogens with zero attached hydrogens (tertiary/aromatic N) is 1. The van der Waals surface area contributed by atoms with Crippen molar-refractivity contribution >= 4 is 33.4 Å². The smallest absolute Gasteiger partial charge is 0.210 e. The Labute approximate surface area is 122 Å². The maximum atomic E-state index is 12.2. The first-order valence-electron chi connectivity index (χ1n) is 5.84. The first-order valence-corrected chi connectivity index (χ1v) is 8.75. The Morgan fingerprint density at radius 3 is 2.95 bits per heavy atom. The van der Waals surface area contributed by atoms with Crippen molar-refractivity contribution in [1.82, 2.24) is 4.72 Å². The molecule has 4 nitrogen and oxygen atoms in total. The second-order valence-electron chi connectivity index (χ2n) is 4.24. The van der Waals surface area contributed by atoms with Gasteiger partial charge in [-0.15, -0.1) is 0 Å². The van der Waals surface area contributed by atoms with Crippen molar-refractivity contribution in [3.63, 3.8) is 0 Å². The number of hydrogen-bond donors (Lipinski definition) is 1. The number of thioether (sulfide) groups is 1. The van der Waals surface area contributed by atoms with E-state index < -0.39 is 10.0 Å². The van der Waals surface area contributed by atoms with Gasteiger partial charge < -0.3 is 0 Å². The molecule has 1 aliphatic heterocycles. The van der Waals surface area contributed by atoms with Crippen molar-refractivity contribution in [2.24, 2.45) is 0 Å². The number of benzene rings is 1. The van der Waals surface area contributed by atoms with E-state index in [0.29, 0.717) is 11.8 Å². The molecule has 1 heterocycles. The fourth-order valence-electron chi connectivity index (χ4n) is 1.86. The summed E-state index contributed by atoms with van der Waals surface area (Å²) in [6.45, 7) is 0.403. The lowest BCUT2D eigenvalue weighted by Gasteiger charge is -2.12. The second kappa shape index (κ2) is 6.14. The highest BCUT2D eigenvalue weighted by Crippen LogP contribution is 2.27. The molecule has 1 saturated heterocycles. The fourth-order valence-corrected chi connectivity index (χ4v) is 4.78. The van der Waals surface area contributed by atoms with Gasteiger partial charge in [-0.25, -0.2) is 13.1 Å². The van der Waals surface area contributed by atoms with Crippen LogP contribution in [0.4, 0.5) is 0 Å². The zero-order valence-corrected chi connectivity index (χ0v) is 12.5. The molecule has 0 aliphatic carbocycles. The van der Waals surface area contributed by atoms with Gasteiger partial charge in [0.2, 0.25) is 10.0 Å². The Balaban J connectivity index is 2.16. The number of nitriles is 1. The zero-order valence-electron chi connectivity index (χ0n) is 10.1. The largest absolute Gasteiger partial charge is 0.242 e. The molecule has 0 spiro atoms. The lowest BCUT2D eigenvalue weighted by Crippen LogP contribution is -2.30.